The lowest BCUT2D eigenvalue weighted by atomic mass is 11.8. The van der Waals surface area contributed by atoms with E-state index >= 15 is 0 Å². The molecule has 0 aliphatic carbocycles. The normalized spacial score (nSPS) is 14.5. The fourth-order valence-electron chi connectivity index (χ4n) is 0.613. The molecule has 0 bridgehead atoms. The molecule has 0 unspecified atom stereocenters. The standard InChI is InChI=1S/C4H13O6PSSi/c1-13(2,3)10-12(8,9)4-11(5,6)7/h4H2,1-3H3,(H2,5,6,7). The molecule has 0 saturated heterocycles. The van der Waals surface area contributed by atoms with Crippen LogP contribution in [0.25, 0.3) is 0 Å². The molecule has 0 amide bonds. The molecule has 0 saturated carbocycles. The molecular formula is C4H13O6PSSi. The molecule has 0 aromatic heterocycles. The number of hydrogen-bond acceptors (Lipinski definition) is 4. The van der Waals surface area contributed by atoms with Crippen molar-refractivity contribution in [2.75, 3.05) is 5.49 Å². The van der Waals surface area contributed by atoms with E-state index in [4.69, 9.17) is 9.79 Å². The Kier molecular flexibility index (Phi) is 3.88. The van der Waals surface area contributed by atoms with Gasteiger partial charge in [-0.05, 0) is 19.6 Å². The van der Waals surface area contributed by atoms with E-state index in [-0.39, 0.29) is 0 Å². The van der Waals surface area contributed by atoms with Gasteiger partial charge in [0.15, 0.2) is 5.49 Å². The maximum absolute atomic E-state index is 11.0. The van der Waals surface area contributed by atoms with Gasteiger partial charge in [0, 0.05) is 0 Å². The summed E-state index contributed by atoms with van der Waals surface area (Å²) in [7, 11) is -11.0. The van der Waals surface area contributed by atoms with Crippen LogP contribution in [-0.2, 0) is 18.6 Å². The van der Waals surface area contributed by atoms with Gasteiger partial charge in [0.1, 0.15) is 0 Å². The van der Waals surface area contributed by atoms with Gasteiger partial charge in [0.25, 0.3) is 10.1 Å². The summed E-state index contributed by atoms with van der Waals surface area (Å²) in [4.78, 5) is 16.8. The maximum atomic E-state index is 11.0. The number of hydrogen-bond donors (Lipinski definition) is 2. The maximum Gasteiger partial charge on any atom is 0.342 e. The van der Waals surface area contributed by atoms with E-state index in [1.807, 2.05) is 0 Å². The van der Waals surface area contributed by atoms with Gasteiger partial charge in [-0.3, -0.25) is 4.57 Å². The lowest BCUT2D eigenvalue weighted by Crippen LogP contribution is -2.30. The van der Waals surface area contributed by atoms with Gasteiger partial charge in [-0.2, -0.15) is 8.42 Å². The van der Waals surface area contributed by atoms with Crippen LogP contribution in [0.3, 0.4) is 0 Å². The molecule has 0 aromatic rings. The predicted molar refractivity (Wildman–Crippen MR) is 50.3 cm³/mol. The number of rotatable bonds is 4. The molecule has 80 valence electrons. The highest BCUT2D eigenvalue weighted by atomic mass is 32.2. The predicted octanol–water partition coefficient (Wildman–Crippen LogP) is 0.303. The lowest BCUT2D eigenvalue weighted by Gasteiger charge is -2.16. The van der Waals surface area contributed by atoms with Gasteiger partial charge in [-0.25, -0.2) is 0 Å². The Labute approximate surface area is 78.3 Å². The summed E-state index contributed by atoms with van der Waals surface area (Å²) in [5.41, 5.74) is -1.25. The summed E-state index contributed by atoms with van der Waals surface area (Å²) in [6.07, 6.45) is 0. The summed E-state index contributed by atoms with van der Waals surface area (Å²) in [5.74, 6) is 0. The van der Waals surface area contributed by atoms with Gasteiger partial charge in [-0.15, -0.1) is 0 Å². The van der Waals surface area contributed by atoms with Crippen LogP contribution in [0.2, 0.25) is 19.6 Å². The van der Waals surface area contributed by atoms with Crippen molar-refractivity contribution >= 4 is 26.0 Å². The minimum Gasteiger partial charge on any atom is -0.324 e. The monoisotopic (exact) mass is 248 g/mol. The van der Waals surface area contributed by atoms with Crippen molar-refractivity contribution in [2.45, 2.75) is 19.6 Å². The molecule has 0 radical (unpaired) electrons. The first-order valence-corrected chi connectivity index (χ1v) is 10.2. The second-order valence-electron chi connectivity index (χ2n) is 3.55. The first-order valence-electron chi connectivity index (χ1n) is 3.39. The second kappa shape index (κ2) is 3.80. The third-order valence-electron chi connectivity index (χ3n) is 0.703. The smallest absolute Gasteiger partial charge is 0.324 e. The largest absolute Gasteiger partial charge is 0.342 e. The van der Waals surface area contributed by atoms with E-state index in [0.717, 1.165) is 0 Å². The van der Waals surface area contributed by atoms with E-state index in [1.54, 1.807) is 19.6 Å². The molecule has 13 heavy (non-hydrogen) atoms. The van der Waals surface area contributed by atoms with Crippen molar-refractivity contribution in [1.82, 2.24) is 0 Å². The first-order chi connectivity index (χ1) is 5.41. The SMILES string of the molecule is C[Si](C)(C)OS(=O)(=O)CP(=O)(O)O. The summed E-state index contributed by atoms with van der Waals surface area (Å²) >= 11 is 0. The van der Waals surface area contributed by atoms with Gasteiger partial charge in [0.05, 0.1) is 0 Å². The van der Waals surface area contributed by atoms with E-state index in [1.165, 1.54) is 0 Å². The van der Waals surface area contributed by atoms with Crippen LogP contribution in [0.1, 0.15) is 0 Å². The van der Waals surface area contributed by atoms with Crippen molar-refractivity contribution in [1.29, 1.82) is 0 Å². The molecule has 0 aliphatic rings. The molecule has 2 N–H and O–H groups in total. The van der Waals surface area contributed by atoms with Crippen LogP contribution < -0.4 is 0 Å². The highest BCUT2D eigenvalue weighted by molar-refractivity contribution is 7.94. The van der Waals surface area contributed by atoms with Crippen molar-refractivity contribution < 1.29 is 26.6 Å². The van der Waals surface area contributed by atoms with Crippen LogP contribution in [0, 0.1) is 0 Å². The van der Waals surface area contributed by atoms with Crippen LogP contribution in [0.5, 0.6) is 0 Å². The molecule has 0 rings (SSSR count). The average Bonchev–Trinajstić information content (AvgIpc) is 1.43. The summed E-state index contributed by atoms with van der Waals surface area (Å²) in [5, 5.41) is 0. The zero-order chi connectivity index (χ0) is 10.9. The summed E-state index contributed by atoms with van der Waals surface area (Å²) in [6.45, 7) is 4.85. The second-order valence-corrected chi connectivity index (χ2v) is 11.9. The summed E-state index contributed by atoms with van der Waals surface area (Å²) < 4.78 is 37.0. The first kappa shape index (κ1) is 13.3. The minimum absolute atomic E-state index is 1.25. The third-order valence-corrected chi connectivity index (χ3v) is 6.33. The van der Waals surface area contributed by atoms with Gasteiger partial charge >= 0.3 is 7.60 Å². The Morgan fingerprint density at radius 3 is 1.92 bits per heavy atom. The fourth-order valence-corrected chi connectivity index (χ4v) is 5.99. The molecule has 0 atom stereocenters. The zero-order valence-corrected chi connectivity index (χ0v) is 10.3. The topological polar surface area (TPSA) is 101 Å². The van der Waals surface area contributed by atoms with Crippen molar-refractivity contribution in [2.24, 2.45) is 0 Å². The van der Waals surface area contributed by atoms with E-state index in [0.29, 0.717) is 0 Å². The highest BCUT2D eigenvalue weighted by Gasteiger charge is 2.30. The van der Waals surface area contributed by atoms with Crippen LogP contribution in [0.4, 0.5) is 0 Å². The van der Waals surface area contributed by atoms with Gasteiger partial charge in [-0.1, -0.05) is 0 Å². The molecule has 9 heteroatoms. The lowest BCUT2D eigenvalue weighted by molar-refractivity contribution is 0.376. The third kappa shape index (κ3) is 8.60. The Balaban J connectivity index is 4.55. The van der Waals surface area contributed by atoms with Crippen LogP contribution in [-0.4, -0.2) is 32.0 Å². The minimum atomic E-state index is -4.56. The Bertz CT molecular complexity index is 310. The average molecular weight is 248 g/mol. The van der Waals surface area contributed by atoms with E-state index < -0.39 is 31.5 Å². The van der Waals surface area contributed by atoms with Crippen molar-refractivity contribution in [3.8, 4) is 0 Å². The quantitative estimate of drug-likeness (QED) is 0.548. The fraction of sp³-hybridized carbons (Fsp3) is 1.00. The zero-order valence-electron chi connectivity index (χ0n) is 7.59. The molecular weight excluding hydrogens is 235 g/mol. The molecule has 0 aromatic carbocycles. The summed E-state index contributed by atoms with van der Waals surface area (Å²) in [6, 6.07) is 0. The molecule has 0 spiro atoms. The van der Waals surface area contributed by atoms with Crippen LogP contribution in [0.15, 0.2) is 0 Å². The van der Waals surface area contributed by atoms with E-state index in [2.05, 4.69) is 3.87 Å². The van der Waals surface area contributed by atoms with E-state index in [9.17, 15) is 13.0 Å². The van der Waals surface area contributed by atoms with Crippen molar-refractivity contribution in [3.63, 3.8) is 0 Å². The van der Waals surface area contributed by atoms with Gasteiger partial charge in [0.2, 0.25) is 8.32 Å². The Morgan fingerprint density at radius 2 is 1.69 bits per heavy atom. The Morgan fingerprint density at radius 1 is 1.31 bits per heavy atom. The molecule has 0 aliphatic heterocycles. The van der Waals surface area contributed by atoms with Crippen LogP contribution >= 0.6 is 7.60 Å². The molecule has 0 heterocycles. The Hall–Kier alpha value is 0.277. The van der Waals surface area contributed by atoms with Crippen molar-refractivity contribution in [3.05, 3.63) is 0 Å². The molecule has 6 nitrogen and oxygen atoms in total. The molecule has 0 fully saturated rings. The highest BCUT2D eigenvalue weighted by Crippen LogP contribution is 2.36. The van der Waals surface area contributed by atoms with Gasteiger partial charge < -0.3 is 13.7 Å².